The molecule has 0 radical (unpaired) electrons. The van der Waals surface area contributed by atoms with Crippen LogP contribution in [0.25, 0.3) is 28.3 Å². The van der Waals surface area contributed by atoms with Crippen LogP contribution in [0.5, 0.6) is 0 Å². The van der Waals surface area contributed by atoms with Crippen molar-refractivity contribution in [1.82, 2.24) is 24.3 Å². The van der Waals surface area contributed by atoms with Crippen LogP contribution < -0.4 is 0 Å². The van der Waals surface area contributed by atoms with E-state index >= 15 is 0 Å². The average Bonchev–Trinajstić information content (AvgIpc) is 3.20. The van der Waals surface area contributed by atoms with Gasteiger partial charge in [-0.15, -0.1) is 0 Å². The summed E-state index contributed by atoms with van der Waals surface area (Å²) in [4.78, 5) is 15.6. The lowest BCUT2D eigenvalue weighted by Crippen LogP contribution is -2.08. The van der Waals surface area contributed by atoms with Crippen molar-refractivity contribution in [3.8, 4) is 22.6 Å². The van der Waals surface area contributed by atoms with E-state index in [-0.39, 0.29) is 44.0 Å². The van der Waals surface area contributed by atoms with Gasteiger partial charge in [0.2, 0.25) is 0 Å². The molecule has 4 aromatic rings. The summed E-state index contributed by atoms with van der Waals surface area (Å²) in [6.07, 6.45) is -0.0962. The first-order valence-corrected chi connectivity index (χ1v) is 12.1. The summed E-state index contributed by atoms with van der Waals surface area (Å²) in [5.74, 6) is -0.345. The maximum absolute atomic E-state index is 13.1. The number of thioether (sulfide) groups is 1. The van der Waals surface area contributed by atoms with E-state index in [2.05, 4.69) is 19.9 Å². The summed E-state index contributed by atoms with van der Waals surface area (Å²) in [7, 11) is -3.95. The minimum Gasteiger partial charge on any atom is -0.290 e. The predicted molar refractivity (Wildman–Crippen MR) is 114 cm³/mol. The molecule has 0 amide bonds. The highest BCUT2D eigenvalue weighted by molar-refractivity contribution is 8.00. The first-order chi connectivity index (χ1) is 16.3. The fourth-order valence-corrected chi connectivity index (χ4v) is 4.67. The highest BCUT2D eigenvalue weighted by atomic mass is 32.2. The first kappa shape index (κ1) is 24.9. The third-order valence-electron chi connectivity index (χ3n) is 4.74. The van der Waals surface area contributed by atoms with Crippen LogP contribution in [0.15, 0.2) is 59.1 Å². The molecule has 0 atom stereocenters. The number of imidazole rings is 1. The lowest BCUT2D eigenvalue weighted by atomic mass is 10.1. The summed E-state index contributed by atoms with van der Waals surface area (Å²) in [5.41, 5.74) is -5.66. The lowest BCUT2D eigenvalue weighted by Gasteiger charge is -2.11. The van der Waals surface area contributed by atoms with Crippen molar-refractivity contribution in [2.75, 3.05) is 5.75 Å². The van der Waals surface area contributed by atoms with Gasteiger partial charge in [-0.1, -0.05) is 6.92 Å². The monoisotopic (exact) mass is 533 g/mol. The van der Waals surface area contributed by atoms with E-state index in [1.165, 1.54) is 17.5 Å². The number of fused-ring (bicyclic) bond motifs is 1. The number of halogens is 6. The highest BCUT2D eigenvalue weighted by Crippen LogP contribution is 2.37. The Hall–Kier alpha value is -3.20. The fraction of sp³-hybridized carbons (Fsp3) is 0.200. The summed E-state index contributed by atoms with van der Waals surface area (Å²) in [5, 5.41) is -0.359. The number of alkyl halides is 6. The molecule has 35 heavy (non-hydrogen) atoms. The van der Waals surface area contributed by atoms with Crippen molar-refractivity contribution >= 4 is 27.2 Å². The largest absolute Gasteiger partial charge is 0.447 e. The van der Waals surface area contributed by atoms with Crippen molar-refractivity contribution in [3.05, 3.63) is 54.7 Å². The van der Waals surface area contributed by atoms with Gasteiger partial charge in [-0.3, -0.25) is 14.4 Å². The summed E-state index contributed by atoms with van der Waals surface area (Å²) >= 11 is -0.429. The third-order valence-corrected chi connectivity index (χ3v) is 7.14. The molecule has 0 bridgehead atoms. The summed E-state index contributed by atoms with van der Waals surface area (Å²) in [6, 6.07) is 3.79. The molecule has 0 saturated heterocycles. The van der Waals surface area contributed by atoms with Crippen molar-refractivity contribution < 1.29 is 34.8 Å². The minimum absolute atomic E-state index is 0.0246. The Morgan fingerprint density at radius 2 is 1.74 bits per heavy atom. The number of aromatic nitrogens is 5. The normalized spacial score (nSPS) is 12.9. The SMILES string of the molecule is CCS(=O)(=O)c1cc(-c2cc(C(F)(F)F)ccn2)cnc1-c1cn2cnc(SC(F)(F)F)cc2n1. The van der Waals surface area contributed by atoms with Crippen molar-refractivity contribution in [3.63, 3.8) is 0 Å². The topological polar surface area (TPSA) is 90.1 Å². The van der Waals surface area contributed by atoms with Crippen LogP contribution >= 0.6 is 11.8 Å². The number of hydrogen-bond donors (Lipinski definition) is 0. The number of sulfone groups is 1. The molecule has 184 valence electrons. The smallest absolute Gasteiger partial charge is 0.290 e. The van der Waals surface area contributed by atoms with E-state index in [1.54, 1.807) is 0 Å². The van der Waals surface area contributed by atoms with Crippen LogP contribution in [0.1, 0.15) is 12.5 Å². The molecule has 0 N–H and O–H groups in total. The van der Waals surface area contributed by atoms with Crippen LogP contribution in [0, 0.1) is 0 Å². The van der Waals surface area contributed by atoms with E-state index in [9.17, 15) is 34.8 Å². The number of pyridine rings is 2. The van der Waals surface area contributed by atoms with Crippen LogP contribution in [0.4, 0.5) is 26.3 Å². The molecule has 0 unspecified atom stereocenters. The molecule has 0 aliphatic heterocycles. The molecule has 15 heteroatoms. The Balaban J connectivity index is 1.83. The van der Waals surface area contributed by atoms with Crippen molar-refractivity contribution in [2.24, 2.45) is 0 Å². The Morgan fingerprint density at radius 3 is 2.40 bits per heavy atom. The van der Waals surface area contributed by atoms with E-state index in [4.69, 9.17) is 0 Å². The Bertz CT molecular complexity index is 1520. The highest BCUT2D eigenvalue weighted by Gasteiger charge is 2.32. The van der Waals surface area contributed by atoms with Crippen molar-refractivity contribution in [1.29, 1.82) is 0 Å². The van der Waals surface area contributed by atoms with E-state index in [1.807, 2.05) is 0 Å². The van der Waals surface area contributed by atoms with E-state index < -0.39 is 38.8 Å². The second-order valence-electron chi connectivity index (χ2n) is 7.07. The number of hydrogen-bond acceptors (Lipinski definition) is 7. The molecule has 0 aliphatic rings. The van der Waals surface area contributed by atoms with Gasteiger partial charge in [0, 0.05) is 42.0 Å². The Kier molecular flexibility index (Phi) is 6.25. The van der Waals surface area contributed by atoms with Gasteiger partial charge in [0.05, 0.1) is 21.9 Å². The van der Waals surface area contributed by atoms with Crippen LogP contribution in [0.2, 0.25) is 0 Å². The van der Waals surface area contributed by atoms with Gasteiger partial charge < -0.3 is 0 Å². The zero-order valence-corrected chi connectivity index (χ0v) is 19.1. The molecular formula is C20H13F6N5O2S2. The van der Waals surface area contributed by atoms with Crippen LogP contribution in [-0.4, -0.2) is 44.0 Å². The van der Waals surface area contributed by atoms with Gasteiger partial charge in [0.25, 0.3) is 0 Å². The van der Waals surface area contributed by atoms with Gasteiger partial charge in [-0.25, -0.2) is 18.4 Å². The third kappa shape index (κ3) is 5.40. The van der Waals surface area contributed by atoms with Crippen LogP contribution in [0.3, 0.4) is 0 Å². The van der Waals surface area contributed by atoms with E-state index in [0.717, 1.165) is 43.0 Å². The molecule has 0 spiro atoms. The molecule has 4 aromatic heterocycles. The zero-order chi connectivity index (χ0) is 25.6. The molecule has 0 fully saturated rings. The van der Waals surface area contributed by atoms with Crippen molar-refractivity contribution in [2.45, 2.75) is 28.5 Å². The molecule has 0 aromatic carbocycles. The average molecular weight is 533 g/mol. The minimum atomic E-state index is -4.63. The maximum Gasteiger partial charge on any atom is 0.447 e. The van der Waals surface area contributed by atoms with E-state index in [0.29, 0.717) is 0 Å². The Labute approximate surface area is 198 Å². The standard InChI is InChI=1S/C20H13F6N5O2S2/c1-2-35(32,33)15-5-11(13-6-12(3-4-27-13)19(21,22)23)8-28-18(15)14-9-31-10-29-17(7-16(31)30-14)34-20(24,25)26/h3-10H,2H2,1H3. The van der Waals surface area contributed by atoms with Gasteiger partial charge in [-0.2, -0.15) is 26.3 Å². The van der Waals surface area contributed by atoms with Gasteiger partial charge in [0.1, 0.15) is 28.4 Å². The lowest BCUT2D eigenvalue weighted by molar-refractivity contribution is -0.137. The summed E-state index contributed by atoms with van der Waals surface area (Å²) in [6.45, 7) is 1.38. The van der Waals surface area contributed by atoms with Crippen LogP contribution in [-0.2, 0) is 16.0 Å². The molecule has 7 nitrogen and oxygen atoms in total. The quantitative estimate of drug-likeness (QED) is 0.196. The van der Waals surface area contributed by atoms with Gasteiger partial charge >= 0.3 is 11.7 Å². The molecule has 0 aliphatic carbocycles. The second kappa shape index (κ2) is 8.78. The summed E-state index contributed by atoms with van der Waals surface area (Å²) < 4.78 is 104. The van der Waals surface area contributed by atoms with Gasteiger partial charge in [0.15, 0.2) is 9.84 Å². The molecule has 0 saturated carbocycles. The Morgan fingerprint density at radius 1 is 1.00 bits per heavy atom. The first-order valence-electron chi connectivity index (χ1n) is 9.64. The number of rotatable bonds is 5. The fourth-order valence-electron chi connectivity index (χ4n) is 3.10. The van der Waals surface area contributed by atoms with Gasteiger partial charge in [-0.05, 0) is 18.2 Å². The number of nitrogens with zero attached hydrogens (tertiary/aromatic N) is 5. The second-order valence-corrected chi connectivity index (χ2v) is 10.4. The molecular weight excluding hydrogens is 520 g/mol. The maximum atomic E-state index is 13.1. The molecule has 4 heterocycles. The predicted octanol–water partition coefficient (Wildman–Crippen LogP) is 5.28. The molecule has 4 rings (SSSR count). The zero-order valence-electron chi connectivity index (χ0n) is 17.5.